The number of nitrogens with zero attached hydrogens (tertiary/aromatic N) is 1. The van der Waals surface area contributed by atoms with Crippen LogP contribution in [0.3, 0.4) is 0 Å². The van der Waals surface area contributed by atoms with Crippen LogP contribution in [0, 0.1) is 0 Å². The largest absolute Gasteiger partial charge is 0.496 e. The minimum Gasteiger partial charge on any atom is -0.496 e. The number of carbonyl (C=O) groups excluding carboxylic acids is 2. The van der Waals surface area contributed by atoms with E-state index in [1.807, 2.05) is 0 Å². The number of urea groups is 1. The van der Waals surface area contributed by atoms with Gasteiger partial charge >= 0.3 is 6.03 Å². The first-order valence-electron chi connectivity index (χ1n) is 9.21. The molecular weight excluding hydrogens is 408 g/mol. The number of alkyl halides is 1. The Hall–Kier alpha value is -3.52. The molecule has 30 heavy (non-hydrogen) atoms. The van der Waals surface area contributed by atoms with Gasteiger partial charge in [-0.25, -0.2) is 4.79 Å². The van der Waals surface area contributed by atoms with Crippen LogP contribution in [-0.2, 0) is 0 Å². The van der Waals surface area contributed by atoms with Crippen LogP contribution in [0.1, 0.15) is 16.8 Å². The number of benzene rings is 2. The molecule has 4 N–H and O–H groups in total. The first-order chi connectivity index (χ1) is 14.5. The van der Waals surface area contributed by atoms with Gasteiger partial charge in [-0.15, -0.1) is 11.6 Å². The van der Waals surface area contributed by atoms with E-state index < -0.39 is 5.91 Å². The van der Waals surface area contributed by atoms with Gasteiger partial charge in [-0.05, 0) is 30.7 Å². The highest BCUT2D eigenvalue weighted by molar-refractivity contribution is 6.23. The van der Waals surface area contributed by atoms with Crippen molar-refractivity contribution in [3.63, 3.8) is 0 Å². The molecule has 2 atom stereocenters. The minimum absolute atomic E-state index is 0.0221. The summed E-state index contributed by atoms with van der Waals surface area (Å²) in [5.74, 6) is 0.577. The van der Waals surface area contributed by atoms with Gasteiger partial charge in [0.15, 0.2) is 5.75 Å². The third-order valence-electron chi connectivity index (χ3n) is 4.67. The van der Waals surface area contributed by atoms with Gasteiger partial charge in [0.05, 0.1) is 29.3 Å². The molecule has 0 saturated heterocycles. The molecule has 0 spiro atoms. The van der Waals surface area contributed by atoms with Crippen LogP contribution in [0.5, 0.6) is 17.2 Å². The number of nitrogens with one attached hydrogen (secondary N) is 2. The Balaban J connectivity index is 1.65. The van der Waals surface area contributed by atoms with E-state index in [0.717, 1.165) is 6.42 Å². The molecule has 0 aliphatic heterocycles. The number of amides is 3. The summed E-state index contributed by atoms with van der Waals surface area (Å²) in [6.07, 6.45) is 2.33. The quantitative estimate of drug-likeness (QED) is 0.520. The molecule has 8 nitrogen and oxygen atoms in total. The van der Waals surface area contributed by atoms with Crippen molar-refractivity contribution in [1.29, 1.82) is 0 Å². The summed E-state index contributed by atoms with van der Waals surface area (Å²) in [5.41, 5.74) is 6.74. The number of aromatic nitrogens is 1. The third-order valence-corrected chi connectivity index (χ3v) is 5.15. The van der Waals surface area contributed by atoms with E-state index in [1.54, 1.807) is 48.7 Å². The zero-order valence-electron chi connectivity index (χ0n) is 16.0. The van der Waals surface area contributed by atoms with Crippen molar-refractivity contribution in [3.05, 3.63) is 54.2 Å². The molecule has 9 heteroatoms. The Kier molecular flexibility index (Phi) is 5.33. The molecule has 4 rings (SSSR count). The maximum Gasteiger partial charge on any atom is 0.319 e. The van der Waals surface area contributed by atoms with E-state index in [0.29, 0.717) is 33.8 Å². The second-order valence-corrected chi connectivity index (χ2v) is 7.36. The number of ether oxygens (including phenoxy) is 2. The van der Waals surface area contributed by atoms with E-state index in [9.17, 15) is 9.59 Å². The van der Waals surface area contributed by atoms with Gasteiger partial charge in [0.1, 0.15) is 11.5 Å². The van der Waals surface area contributed by atoms with Crippen LogP contribution in [0.4, 0.5) is 10.5 Å². The second-order valence-electron chi connectivity index (χ2n) is 6.80. The van der Waals surface area contributed by atoms with Crippen molar-refractivity contribution in [2.24, 2.45) is 5.73 Å². The molecule has 2 aromatic carbocycles. The molecule has 1 aliphatic rings. The van der Waals surface area contributed by atoms with Crippen LogP contribution >= 0.6 is 11.6 Å². The zero-order valence-corrected chi connectivity index (χ0v) is 16.8. The summed E-state index contributed by atoms with van der Waals surface area (Å²) in [6, 6.07) is 11.5. The van der Waals surface area contributed by atoms with Crippen molar-refractivity contribution in [2.45, 2.75) is 17.8 Å². The number of primary amides is 1. The first kappa shape index (κ1) is 19.8. The van der Waals surface area contributed by atoms with Crippen LogP contribution in [0.25, 0.3) is 10.9 Å². The second kappa shape index (κ2) is 8.08. The lowest BCUT2D eigenvalue weighted by molar-refractivity contribution is 0.0997. The van der Waals surface area contributed by atoms with Crippen molar-refractivity contribution in [1.82, 2.24) is 10.3 Å². The van der Waals surface area contributed by atoms with Gasteiger partial charge < -0.3 is 25.8 Å². The maximum atomic E-state index is 12.2. The summed E-state index contributed by atoms with van der Waals surface area (Å²) < 4.78 is 11.3. The third kappa shape index (κ3) is 4.08. The average Bonchev–Trinajstić information content (AvgIpc) is 3.42. The smallest absolute Gasteiger partial charge is 0.319 e. The summed E-state index contributed by atoms with van der Waals surface area (Å²) in [4.78, 5) is 28.3. The Morgan fingerprint density at radius 1 is 1.17 bits per heavy atom. The molecule has 1 saturated carbocycles. The van der Waals surface area contributed by atoms with Crippen LogP contribution < -0.4 is 25.8 Å². The van der Waals surface area contributed by atoms with E-state index >= 15 is 0 Å². The van der Waals surface area contributed by atoms with Gasteiger partial charge in [0.2, 0.25) is 0 Å². The number of nitrogens with two attached hydrogens (primary N) is 1. The van der Waals surface area contributed by atoms with Gasteiger partial charge in [-0.2, -0.15) is 0 Å². The normalized spacial score (nSPS) is 17.3. The molecule has 1 aliphatic carbocycles. The first-order valence-corrected chi connectivity index (χ1v) is 9.65. The fourth-order valence-corrected chi connectivity index (χ4v) is 3.27. The van der Waals surface area contributed by atoms with Crippen molar-refractivity contribution in [2.75, 3.05) is 12.4 Å². The lowest BCUT2D eigenvalue weighted by Crippen LogP contribution is -2.31. The highest BCUT2D eigenvalue weighted by Crippen LogP contribution is 2.36. The Morgan fingerprint density at radius 2 is 1.93 bits per heavy atom. The number of para-hydroxylation sites is 2. The SMILES string of the molecule is COc1cc2nccc(Oc3ccccc3NC(=O)NC3CC3Cl)c2cc1C(N)=O. The Labute approximate surface area is 177 Å². The van der Waals surface area contributed by atoms with Gasteiger partial charge in [0, 0.05) is 23.7 Å². The van der Waals surface area contributed by atoms with E-state index in [-0.39, 0.29) is 23.0 Å². The highest BCUT2D eigenvalue weighted by Gasteiger charge is 2.36. The van der Waals surface area contributed by atoms with Gasteiger partial charge in [-0.1, -0.05) is 12.1 Å². The molecule has 3 amide bonds. The number of methoxy groups -OCH3 is 1. The Bertz CT molecular complexity index is 1140. The van der Waals surface area contributed by atoms with Crippen molar-refractivity contribution in [3.8, 4) is 17.2 Å². The molecule has 154 valence electrons. The zero-order chi connectivity index (χ0) is 21.3. The maximum absolute atomic E-state index is 12.2. The molecular formula is C21H19ClN4O4. The standard InChI is InChI=1S/C21H19ClN4O4/c1-29-19-10-15-11(8-12(19)20(23)27)17(6-7-24-15)30-18-5-3-2-4-14(18)25-21(28)26-16-9-13(16)22/h2-8,10,13,16H,9H2,1H3,(H2,23,27)(H2,25,26,28). The number of fused-ring (bicyclic) bond motifs is 1. The number of hydrogen-bond donors (Lipinski definition) is 3. The fraction of sp³-hybridized carbons (Fsp3) is 0.190. The minimum atomic E-state index is -0.625. The molecule has 0 radical (unpaired) electrons. The van der Waals surface area contributed by atoms with Crippen LogP contribution in [0.15, 0.2) is 48.7 Å². The molecule has 1 aromatic heterocycles. The number of anilines is 1. The number of halogens is 1. The summed E-state index contributed by atoms with van der Waals surface area (Å²) >= 11 is 5.93. The van der Waals surface area contributed by atoms with E-state index in [4.69, 9.17) is 26.8 Å². The summed E-state index contributed by atoms with van der Waals surface area (Å²) in [5, 5.41) is 6.12. The van der Waals surface area contributed by atoms with Gasteiger partial charge in [0.25, 0.3) is 5.91 Å². The van der Waals surface area contributed by atoms with E-state index in [1.165, 1.54) is 7.11 Å². The molecule has 1 fully saturated rings. The molecule has 1 heterocycles. The number of hydrogen-bond acceptors (Lipinski definition) is 5. The number of carbonyl (C=O) groups is 2. The van der Waals surface area contributed by atoms with Crippen molar-refractivity contribution >= 4 is 40.1 Å². The van der Waals surface area contributed by atoms with Crippen molar-refractivity contribution < 1.29 is 19.1 Å². The number of pyridine rings is 1. The molecule has 2 unspecified atom stereocenters. The Morgan fingerprint density at radius 3 is 2.63 bits per heavy atom. The summed E-state index contributed by atoms with van der Waals surface area (Å²) in [7, 11) is 1.45. The van der Waals surface area contributed by atoms with Crippen LogP contribution in [0.2, 0.25) is 0 Å². The summed E-state index contributed by atoms with van der Waals surface area (Å²) in [6.45, 7) is 0. The lowest BCUT2D eigenvalue weighted by atomic mass is 10.1. The van der Waals surface area contributed by atoms with Crippen LogP contribution in [-0.4, -0.2) is 35.5 Å². The predicted octanol–water partition coefficient (Wildman–Crippen LogP) is 3.64. The fourth-order valence-electron chi connectivity index (χ4n) is 3.02. The molecule has 3 aromatic rings. The van der Waals surface area contributed by atoms with Gasteiger partial charge in [-0.3, -0.25) is 9.78 Å². The molecule has 0 bridgehead atoms. The number of rotatable bonds is 6. The monoisotopic (exact) mass is 426 g/mol. The van der Waals surface area contributed by atoms with E-state index in [2.05, 4.69) is 15.6 Å². The average molecular weight is 427 g/mol. The topological polar surface area (TPSA) is 116 Å². The highest BCUT2D eigenvalue weighted by atomic mass is 35.5. The predicted molar refractivity (Wildman–Crippen MR) is 114 cm³/mol. The lowest BCUT2D eigenvalue weighted by Gasteiger charge is -2.15.